The summed E-state index contributed by atoms with van der Waals surface area (Å²) in [5.41, 5.74) is 7.82. The maximum Gasteiger partial charge on any atom is 0.323 e. The van der Waals surface area contributed by atoms with Gasteiger partial charge in [-0.1, -0.05) is 19.1 Å². The lowest BCUT2D eigenvalue weighted by Crippen LogP contribution is -2.11. The van der Waals surface area contributed by atoms with Crippen molar-refractivity contribution < 1.29 is 4.74 Å². The summed E-state index contributed by atoms with van der Waals surface area (Å²) in [6, 6.07) is 8.28. The van der Waals surface area contributed by atoms with Crippen LogP contribution in [0.4, 0.5) is 17.6 Å². The van der Waals surface area contributed by atoms with Crippen molar-refractivity contribution in [1.82, 2.24) is 15.0 Å². The van der Waals surface area contributed by atoms with Crippen molar-refractivity contribution in [3.63, 3.8) is 0 Å². The third kappa shape index (κ3) is 3.81. The van der Waals surface area contributed by atoms with E-state index in [0.29, 0.717) is 5.95 Å². The van der Waals surface area contributed by atoms with E-state index in [1.54, 1.807) is 0 Å². The third-order valence-electron chi connectivity index (χ3n) is 2.59. The minimum Gasteiger partial charge on any atom is -0.461 e. The Morgan fingerprint density at radius 1 is 1.15 bits per heavy atom. The van der Waals surface area contributed by atoms with Gasteiger partial charge >= 0.3 is 6.01 Å². The average Bonchev–Trinajstić information content (AvgIpc) is 2.38. The van der Waals surface area contributed by atoms with Crippen LogP contribution in [0, 0.1) is 0 Å². The monoisotopic (exact) mass is 273 g/mol. The molecule has 2 aromatic rings. The minimum atomic E-state index is -0.0199. The molecule has 106 valence electrons. The molecular formula is C14H19N5O. The van der Waals surface area contributed by atoms with Crippen LogP contribution in [0.15, 0.2) is 24.3 Å². The number of ether oxygens (including phenoxy) is 1. The predicted molar refractivity (Wildman–Crippen MR) is 79.1 cm³/mol. The summed E-state index contributed by atoms with van der Waals surface area (Å²) in [5.74, 6) is 0.501. The summed E-state index contributed by atoms with van der Waals surface area (Å²) < 4.78 is 5.43. The number of hydrogen-bond acceptors (Lipinski definition) is 6. The number of nitrogens with zero attached hydrogens (tertiary/aromatic N) is 3. The van der Waals surface area contributed by atoms with E-state index in [2.05, 4.69) is 39.3 Å². The molecule has 1 aromatic heterocycles. The van der Waals surface area contributed by atoms with Crippen LogP contribution >= 0.6 is 0 Å². The standard InChI is InChI=1S/C14H19N5O/c1-4-10-5-7-11(8-6-10)16-13-17-12(15)18-14(19-13)20-9(2)3/h5-9H,4H2,1-3H3,(H3,15,16,17,18,19). The van der Waals surface area contributed by atoms with E-state index in [1.165, 1.54) is 5.56 Å². The first-order valence-electron chi connectivity index (χ1n) is 6.61. The molecule has 2 rings (SSSR count). The smallest absolute Gasteiger partial charge is 0.323 e. The Kier molecular flexibility index (Phi) is 4.34. The molecule has 0 bridgehead atoms. The molecule has 0 saturated carbocycles. The second-order valence-electron chi connectivity index (χ2n) is 4.64. The normalized spacial score (nSPS) is 10.6. The molecule has 0 aliphatic rings. The molecule has 0 fully saturated rings. The number of hydrogen-bond donors (Lipinski definition) is 2. The van der Waals surface area contributed by atoms with E-state index in [0.717, 1.165) is 12.1 Å². The van der Waals surface area contributed by atoms with Crippen LogP contribution in [-0.2, 0) is 6.42 Å². The number of aromatic nitrogens is 3. The molecule has 0 spiro atoms. The maximum absolute atomic E-state index is 5.65. The molecule has 6 nitrogen and oxygen atoms in total. The highest BCUT2D eigenvalue weighted by Crippen LogP contribution is 2.17. The lowest BCUT2D eigenvalue weighted by Gasteiger charge is -2.10. The number of nitrogens with one attached hydrogen (secondary N) is 1. The zero-order chi connectivity index (χ0) is 14.5. The van der Waals surface area contributed by atoms with E-state index < -0.39 is 0 Å². The number of aryl methyl sites for hydroxylation is 1. The average molecular weight is 273 g/mol. The summed E-state index contributed by atoms with van der Waals surface area (Å²) in [7, 11) is 0. The lowest BCUT2D eigenvalue weighted by atomic mass is 10.1. The van der Waals surface area contributed by atoms with Crippen molar-refractivity contribution in [2.45, 2.75) is 33.3 Å². The van der Waals surface area contributed by atoms with Crippen LogP contribution in [0.5, 0.6) is 6.01 Å². The first-order valence-corrected chi connectivity index (χ1v) is 6.61. The van der Waals surface area contributed by atoms with Gasteiger partial charge in [-0.15, -0.1) is 0 Å². The van der Waals surface area contributed by atoms with Gasteiger partial charge in [-0.2, -0.15) is 15.0 Å². The molecule has 1 aromatic carbocycles. The summed E-state index contributed by atoms with van der Waals surface area (Å²) in [6.45, 7) is 5.91. The van der Waals surface area contributed by atoms with Crippen molar-refractivity contribution in [2.75, 3.05) is 11.1 Å². The molecule has 0 atom stereocenters. The topological polar surface area (TPSA) is 86.0 Å². The fourth-order valence-corrected chi connectivity index (χ4v) is 1.64. The number of nitrogen functional groups attached to an aromatic ring is 1. The van der Waals surface area contributed by atoms with Crippen LogP contribution in [-0.4, -0.2) is 21.1 Å². The highest BCUT2D eigenvalue weighted by atomic mass is 16.5. The Morgan fingerprint density at radius 3 is 2.45 bits per heavy atom. The fourth-order valence-electron chi connectivity index (χ4n) is 1.64. The van der Waals surface area contributed by atoms with Gasteiger partial charge in [-0.25, -0.2) is 0 Å². The van der Waals surface area contributed by atoms with Gasteiger partial charge in [-0.05, 0) is 38.0 Å². The van der Waals surface area contributed by atoms with Crippen LogP contribution < -0.4 is 15.8 Å². The van der Waals surface area contributed by atoms with Gasteiger partial charge in [0.05, 0.1) is 6.10 Å². The van der Waals surface area contributed by atoms with Crippen molar-refractivity contribution in [1.29, 1.82) is 0 Å². The van der Waals surface area contributed by atoms with E-state index in [1.807, 2.05) is 26.0 Å². The third-order valence-corrected chi connectivity index (χ3v) is 2.59. The summed E-state index contributed by atoms with van der Waals surface area (Å²) in [4.78, 5) is 12.2. The Labute approximate surface area is 118 Å². The van der Waals surface area contributed by atoms with Crippen LogP contribution in [0.2, 0.25) is 0 Å². The van der Waals surface area contributed by atoms with E-state index in [-0.39, 0.29) is 18.1 Å². The molecule has 0 saturated heterocycles. The van der Waals surface area contributed by atoms with Crippen LogP contribution in [0.1, 0.15) is 26.3 Å². The van der Waals surface area contributed by atoms with Gasteiger partial charge in [0, 0.05) is 5.69 Å². The SMILES string of the molecule is CCc1ccc(Nc2nc(N)nc(OC(C)C)n2)cc1. The Bertz CT molecular complexity index is 568. The zero-order valence-corrected chi connectivity index (χ0v) is 11.9. The Hall–Kier alpha value is -2.37. The largest absolute Gasteiger partial charge is 0.461 e. The van der Waals surface area contributed by atoms with Gasteiger partial charge in [0.1, 0.15) is 0 Å². The first kappa shape index (κ1) is 14.0. The number of nitrogens with two attached hydrogens (primary N) is 1. The summed E-state index contributed by atoms with van der Waals surface area (Å²) in [6.07, 6.45) is 0.985. The van der Waals surface area contributed by atoms with Crippen molar-refractivity contribution >= 4 is 17.6 Å². The van der Waals surface area contributed by atoms with Crippen LogP contribution in [0.25, 0.3) is 0 Å². The molecular weight excluding hydrogens is 254 g/mol. The maximum atomic E-state index is 5.65. The minimum absolute atomic E-state index is 0.0199. The van der Waals surface area contributed by atoms with E-state index in [9.17, 15) is 0 Å². The molecule has 6 heteroatoms. The molecule has 0 unspecified atom stereocenters. The van der Waals surface area contributed by atoms with Gasteiger partial charge in [-0.3, -0.25) is 0 Å². The van der Waals surface area contributed by atoms with Crippen molar-refractivity contribution in [3.05, 3.63) is 29.8 Å². The number of anilines is 3. The highest BCUT2D eigenvalue weighted by molar-refractivity contribution is 5.54. The second-order valence-corrected chi connectivity index (χ2v) is 4.64. The summed E-state index contributed by atoms with van der Waals surface area (Å²) in [5, 5.41) is 3.09. The fraction of sp³-hybridized carbons (Fsp3) is 0.357. The number of benzene rings is 1. The van der Waals surface area contributed by atoms with Gasteiger partial charge < -0.3 is 15.8 Å². The lowest BCUT2D eigenvalue weighted by molar-refractivity contribution is 0.222. The molecule has 3 N–H and O–H groups in total. The molecule has 1 heterocycles. The highest BCUT2D eigenvalue weighted by Gasteiger charge is 2.07. The quantitative estimate of drug-likeness (QED) is 0.870. The van der Waals surface area contributed by atoms with Crippen molar-refractivity contribution in [2.24, 2.45) is 0 Å². The van der Waals surface area contributed by atoms with E-state index in [4.69, 9.17) is 10.5 Å². The van der Waals surface area contributed by atoms with Crippen molar-refractivity contribution in [3.8, 4) is 6.01 Å². The number of rotatable bonds is 5. The molecule has 0 radical (unpaired) electrons. The van der Waals surface area contributed by atoms with Gasteiger partial charge in [0.15, 0.2) is 0 Å². The zero-order valence-electron chi connectivity index (χ0n) is 11.9. The first-order chi connectivity index (χ1) is 9.56. The molecule has 0 amide bonds. The summed E-state index contributed by atoms with van der Waals surface area (Å²) >= 11 is 0. The van der Waals surface area contributed by atoms with E-state index >= 15 is 0 Å². The molecule has 20 heavy (non-hydrogen) atoms. The predicted octanol–water partition coefficient (Wildman–Crippen LogP) is 2.55. The Morgan fingerprint density at radius 2 is 1.85 bits per heavy atom. The molecule has 0 aliphatic heterocycles. The second kappa shape index (κ2) is 6.18. The van der Waals surface area contributed by atoms with Crippen LogP contribution in [0.3, 0.4) is 0 Å². The Balaban J connectivity index is 2.17. The van der Waals surface area contributed by atoms with Gasteiger partial charge in [0.2, 0.25) is 11.9 Å². The van der Waals surface area contributed by atoms with Gasteiger partial charge in [0.25, 0.3) is 0 Å². The molecule has 0 aliphatic carbocycles.